The summed E-state index contributed by atoms with van der Waals surface area (Å²) in [7, 11) is 0. The Bertz CT molecular complexity index is 753. The smallest absolute Gasteiger partial charge is 0.321 e. The second-order valence-electron chi connectivity index (χ2n) is 6.26. The van der Waals surface area contributed by atoms with Crippen molar-refractivity contribution in [3.63, 3.8) is 0 Å². The highest BCUT2D eigenvalue weighted by Gasteiger charge is 2.42. The van der Waals surface area contributed by atoms with E-state index < -0.39 is 5.82 Å². The van der Waals surface area contributed by atoms with Crippen molar-refractivity contribution in [2.24, 2.45) is 0 Å². The molecule has 2 aliphatic heterocycles. The largest absolute Gasteiger partial charge is 0.369 e. The van der Waals surface area contributed by atoms with Gasteiger partial charge in [-0.05, 0) is 48.4 Å². The highest BCUT2D eigenvalue weighted by molar-refractivity contribution is 7.10. The van der Waals surface area contributed by atoms with Crippen LogP contribution in [0.15, 0.2) is 35.7 Å². The maximum Gasteiger partial charge on any atom is 0.321 e. The van der Waals surface area contributed by atoms with Gasteiger partial charge in [0, 0.05) is 18.0 Å². The molecule has 1 spiro atoms. The van der Waals surface area contributed by atoms with Crippen LogP contribution in [0.1, 0.15) is 23.3 Å². The molecule has 0 bridgehead atoms. The number of halogens is 1. The second-order valence-corrected chi connectivity index (χ2v) is 7.18. The molecule has 1 aromatic heterocycles. The van der Waals surface area contributed by atoms with Crippen molar-refractivity contribution in [3.8, 4) is 0 Å². The minimum absolute atomic E-state index is 0.220. The first-order valence-electron chi connectivity index (χ1n) is 8.19. The number of para-hydroxylation sites is 1. The van der Waals surface area contributed by atoms with Crippen molar-refractivity contribution in [2.75, 3.05) is 25.0 Å². The van der Waals surface area contributed by atoms with Crippen LogP contribution in [0.5, 0.6) is 0 Å². The Balaban J connectivity index is 1.44. The average Bonchev–Trinajstić information content (AvgIpc) is 3.08. The molecule has 6 heteroatoms. The fourth-order valence-corrected chi connectivity index (χ4v) is 4.72. The summed E-state index contributed by atoms with van der Waals surface area (Å²) in [5.74, 6) is -0.418. The molecule has 3 heterocycles. The van der Waals surface area contributed by atoms with Crippen LogP contribution in [-0.2, 0) is 16.8 Å². The van der Waals surface area contributed by atoms with Crippen LogP contribution in [0, 0.1) is 5.82 Å². The van der Waals surface area contributed by atoms with Gasteiger partial charge in [-0.25, -0.2) is 9.18 Å². The molecule has 2 aromatic rings. The summed E-state index contributed by atoms with van der Waals surface area (Å²) in [6.07, 6.45) is 2.54. The second kappa shape index (κ2) is 6.18. The lowest BCUT2D eigenvalue weighted by Crippen LogP contribution is -2.49. The molecule has 126 valence electrons. The Morgan fingerprint density at radius 2 is 2.04 bits per heavy atom. The summed E-state index contributed by atoms with van der Waals surface area (Å²) in [6, 6.07) is 8.15. The van der Waals surface area contributed by atoms with E-state index in [0.29, 0.717) is 13.1 Å². The number of hydrogen-bond acceptors (Lipinski definition) is 3. The van der Waals surface area contributed by atoms with Gasteiger partial charge in [0.15, 0.2) is 0 Å². The molecule has 1 fully saturated rings. The third kappa shape index (κ3) is 2.70. The van der Waals surface area contributed by atoms with Gasteiger partial charge in [-0.2, -0.15) is 0 Å². The fourth-order valence-electron chi connectivity index (χ4n) is 3.55. The lowest BCUT2D eigenvalue weighted by Gasteiger charge is -2.43. The molecule has 0 radical (unpaired) electrons. The molecule has 0 atom stereocenters. The van der Waals surface area contributed by atoms with Gasteiger partial charge in [-0.3, -0.25) is 0 Å². The first kappa shape index (κ1) is 15.6. The Labute approximate surface area is 144 Å². The molecule has 1 N–H and O–H groups in total. The number of hydrogen-bond donors (Lipinski definition) is 1. The van der Waals surface area contributed by atoms with Gasteiger partial charge in [0.1, 0.15) is 11.4 Å². The Morgan fingerprint density at radius 3 is 2.83 bits per heavy atom. The monoisotopic (exact) mass is 346 g/mol. The third-order valence-electron chi connectivity index (χ3n) is 4.88. The highest BCUT2D eigenvalue weighted by atomic mass is 32.1. The van der Waals surface area contributed by atoms with Crippen molar-refractivity contribution < 1.29 is 13.9 Å². The number of ether oxygens (including phenoxy) is 1. The molecule has 0 aliphatic carbocycles. The van der Waals surface area contributed by atoms with Crippen molar-refractivity contribution in [1.29, 1.82) is 0 Å². The molecule has 0 saturated carbocycles. The van der Waals surface area contributed by atoms with Crippen molar-refractivity contribution >= 4 is 23.1 Å². The van der Waals surface area contributed by atoms with Crippen LogP contribution in [0.4, 0.5) is 14.9 Å². The molecule has 2 aliphatic rings. The molecule has 0 unspecified atom stereocenters. The molecule has 24 heavy (non-hydrogen) atoms. The van der Waals surface area contributed by atoms with E-state index in [4.69, 9.17) is 4.74 Å². The van der Waals surface area contributed by atoms with Gasteiger partial charge < -0.3 is 15.0 Å². The minimum Gasteiger partial charge on any atom is -0.369 e. The number of likely N-dealkylation sites (tertiary alicyclic amines) is 1. The zero-order valence-corrected chi connectivity index (χ0v) is 14.1. The molecular weight excluding hydrogens is 327 g/mol. The van der Waals surface area contributed by atoms with E-state index in [-0.39, 0.29) is 17.3 Å². The van der Waals surface area contributed by atoms with E-state index in [0.717, 1.165) is 25.9 Å². The number of piperidine rings is 1. The number of benzene rings is 1. The molecule has 1 aromatic carbocycles. The van der Waals surface area contributed by atoms with E-state index in [1.54, 1.807) is 34.4 Å². The van der Waals surface area contributed by atoms with Gasteiger partial charge in [0.25, 0.3) is 0 Å². The Hall–Kier alpha value is -1.92. The van der Waals surface area contributed by atoms with Crippen LogP contribution in [-0.4, -0.2) is 30.6 Å². The van der Waals surface area contributed by atoms with Gasteiger partial charge in [0.2, 0.25) is 0 Å². The SMILES string of the molecule is O=C(Nc1ccccc1F)N1CCC2(CC1)OCCc1ccsc12. The van der Waals surface area contributed by atoms with E-state index in [1.807, 2.05) is 0 Å². The minimum atomic E-state index is -0.418. The Morgan fingerprint density at radius 1 is 1.25 bits per heavy atom. The summed E-state index contributed by atoms with van der Waals surface area (Å²) in [4.78, 5) is 15.5. The van der Waals surface area contributed by atoms with E-state index in [2.05, 4.69) is 16.8 Å². The van der Waals surface area contributed by atoms with Crippen LogP contribution < -0.4 is 5.32 Å². The van der Waals surface area contributed by atoms with Crippen molar-refractivity contribution in [2.45, 2.75) is 24.9 Å². The summed E-state index contributed by atoms with van der Waals surface area (Å²) in [6.45, 7) is 1.96. The number of nitrogens with one attached hydrogen (secondary N) is 1. The zero-order chi connectivity index (χ0) is 16.6. The standard InChI is InChI=1S/C18H19FN2O2S/c19-14-3-1-2-4-15(14)20-17(22)21-9-7-18(8-10-21)16-13(5-11-23-18)6-12-24-16/h1-4,6,12H,5,7-11H2,(H,20,22). The number of nitrogens with zero attached hydrogens (tertiary/aromatic N) is 1. The van der Waals surface area contributed by atoms with Crippen molar-refractivity contribution in [3.05, 3.63) is 52.0 Å². The summed E-state index contributed by atoms with van der Waals surface area (Å²) < 4.78 is 19.8. The number of carbonyl (C=O) groups is 1. The van der Waals surface area contributed by atoms with Crippen LogP contribution in [0.3, 0.4) is 0 Å². The number of carbonyl (C=O) groups excluding carboxylic acids is 1. The summed E-state index contributed by atoms with van der Waals surface area (Å²) in [5.41, 5.74) is 1.36. The molecular formula is C18H19FN2O2S. The maximum absolute atomic E-state index is 13.7. The maximum atomic E-state index is 13.7. The Kier molecular flexibility index (Phi) is 4.02. The number of amides is 2. The topological polar surface area (TPSA) is 41.6 Å². The number of rotatable bonds is 1. The fraction of sp³-hybridized carbons (Fsp3) is 0.389. The first-order chi connectivity index (χ1) is 11.7. The predicted octanol–water partition coefficient (Wildman–Crippen LogP) is 3.98. The number of fused-ring (bicyclic) bond motifs is 2. The van der Waals surface area contributed by atoms with Crippen LogP contribution in [0.2, 0.25) is 0 Å². The van der Waals surface area contributed by atoms with E-state index >= 15 is 0 Å². The lowest BCUT2D eigenvalue weighted by atomic mass is 9.85. The van der Waals surface area contributed by atoms with Gasteiger partial charge in [-0.15, -0.1) is 11.3 Å². The molecule has 4 rings (SSSR count). The van der Waals surface area contributed by atoms with Gasteiger partial charge in [-0.1, -0.05) is 12.1 Å². The third-order valence-corrected chi connectivity index (χ3v) is 6.03. The first-order valence-corrected chi connectivity index (χ1v) is 9.07. The van der Waals surface area contributed by atoms with Crippen LogP contribution >= 0.6 is 11.3 Å². The number of anilines is 1. The zero-order valence-electron chi connectivity index (χ0n) is 13.3. The van der Waals surface area contributed by atoms with Crippen molar-refractivity contribution in [1.82, 2.24) is 4.90 Å². The molecule has 1 saturated heterocycles. The normalized spacial score (nSPS) is 19.1. The van der Waals surface area contributed by atoms with E-state index in [1.165, 1.54) is 16.5 Å². The van der Waals surface area contributed by atoms with Gasteiger partial charge >= 0.3 is 6.03 Å². The quantitative estimate of drug-likeness (QED) is 0.848. The van der Waals surface area contributed by atoms with Gasteiger partial charge in [0.05, 0.1) is 12.3 Å². The van der Waals surface area contributed by atoms with E-state index in [9.17, 15) is 9.18 Å². The summed E-state index contributed by atoms with van der Waals surface area (Å²) >= 11 is 1.75. The molecule has 4 nitrogen and oxygen atoms in total. The highest BCUT2D eigenvalue weighted by Crippen LogP contribution is 2.44. The predicted molar refractivity (Wildman–Crippen MR) is 91.9 cm³/mol. The summed E-state index contributed by atoms with van der Waals surface area (Å²) in [5, 5.41) is 4.78. The number of urea groups is 1. The number of thiophene rings is 1. The average molecular weight is 346 g/mol. The molecule has 2 amide bonds. The lowest BCUT2D eigenvalue weighted by molar-refractivity contribution is -0.0891. The van der Waals surface area contributed by atoms with Crippen LogP contribution in [0.25, 0.3) is 0 Å².